The predicted octanol–water partition coefficient (Wildman–Crippen LogP) is 1.05. The molecule has 2 N–H and O–H groups in total. The molecule has 1 amide bonds. The zero-order chi connectivity index (χ0) is 12.7. The van der Waals surface area contributed by atoms with Crippen LogP contribution in [0.15, 0.2) is 17.5 Å². The first-order valence-corrected chi connectivity index (χ1v) is 6.18. The van der Waals surface area contributed by atoms with Crippen LogP contribution in [0.25, 0.3) is 0 Å². The SMILES string of the molecule is O=C(O)CCN(CCCO)C(=O)c1cccs1. The minimum Gasteiger partial charge on any atom is -0.481 e. The number of thiophene rings is 1. The highest BCUT2D eigenvalue weighted by Crippen LogP contribution is 2.12. The third-order valence-corrected chi connectivity index (χ3v) is 3.06. The molecular formula is C11H15NO4S. The van der Waals surface area contributed by atoms with Crippen molar-refractivity contribution in [1.29, 1.82) is 0 Å². The molecule has 1 aromatic rings. The summed E-state index contributed by atoms with van der Waals surface area (Å²) in [5, 5.41) is 19.2. The molecule has 0 aliphatic heterocycles. The Bertz CT molecular complexity index is 364. The molecule has 0 saturated carbocycles. The molecule has 0 fully saturated rings. The summed E-state index contributed by atoms with van der Waals surface area (Å²) in [5.41, 5.74) is 0. The van der Waals surface area contributed by atoms with E-state index in [2.05, 4.69) is 0 Å². The summed E-state index contributed by atoms with van der Waals surface area (Å²) in [5.74, 6) is -1.10. The van der Waals surface area contributed by atoms with Gasteiger partial charge in [0.05, 0.1) is 11.3 Å². The molecule has 94 valence electrons. The van der Waals surface area contributed by atoms with Gasteiger partial charge in [-0.25, -0.2) is 0 Å². The van der Waals surface area contributed by atoms with Crippen LogP contribution in [0.1, 0.15) is 22.5 Å². The normalized spacial score (nSPS) is 10.2. The van der Waals surface area contributed by atoms with Crippen molar-refractivity contribution < 1.29 is 19.8 Å². The molecule has 0 aromatic carbocycles. The number of rotatable bonds is 7. The lowest BCUT2D eigenvalue weighted by atomic mass is 10.3. The molecule has 0 saturated heterocycles. The number of carboxylic acids is 1. The second-order valence-electron chi connectivity index (χ2n) is 3.49. The molecule has 1 heterocycles. The van der Waals surface area contributed by atoms with Gasteiger partial charge in [-0.2, -0.15) is 0 Å². The van der Waals surface area contributed by atoms with Crippen LogP contribution in [-0.4, -0.2) is 46.7 Å². The van der Waals surface area contributed by atoms with Crippen LogP contribution >= 0.6 is 11.3 Å². The topological polar surface area (TPSA) is 77.8 Å². The highest BCUT2D eigenvalue weighted by Gasteiger charge is 2.16. The zero-order valence-electron chi connectivity index (χ0n) is 9.33. The first-order chi connectivity index (χ1) is 8.15. The van der Waals surface area contributed by atoms with Crippen LogP contribution in [0.3, 0.4) is 0 Å². The summed E-state index contributed by atoms with van der Waals surface area (Å²) in [6, 6.07) is 3.49. The number of amides is 1. The molecule has 0 bridgehead atoms. The summed E-state index contributed by atoms with van der Waals surface area (Å²) >= 11 is 1.33. The van der Waals surface area contributed by atoms with E-state index in [0.717, 1.165) is 0 Å². The number of nitrogens with zero attached hydrogens (tertiary/aromatic N) is 1. The maximum atomic E-state index is 12.0. The molecule has 0 aliphatic rings. The molecule has 17 heavy (non-hydrogen) atoms. The van der Waals surface area contributed by atoms with Gasteiger partial charge < -0.3 is 15.1 Å². The third-order valence-electron chi connectivity index (χ3n) is 2.20. The van der Waals surface area contributed by atoms with E-state index in [1.165, 1.54) is 16.2 Å². The van der Waals surface area contributed by atoms with Gasteiger partial charge in [0.25, 0.3) is 5.91 Å². The van der Waals surface area contributed by atoms with Crippen LogP contribution < -0.4 is 0 Å². The lowest BCUT2D eigenvalue weighted by Gasteiger charge is -2.20. The predicted molar refractivity (Wildman–Crippen MR) is 64.2 cm³/mol. The van der Waals surface area contributed by atoms with Crippen molar-refractivity contribution >= 4 is 23.2 Å². The largest absolute Gasteiger partial charge is 0.481 e. The second kappa shape index (κ2) is 7.03. The highest BCUT2D eigenvalue weighted by molar-refractivity contribution is 7.12. The third kappa shape index (κ3) is 4.54. The molecule has 0 radical (unpaired) electrons. The van der Waals surface area contributed by atoms with Crippen LogP contribution in [0.2, 0.25) is 0 Å². The molecule has 6 heteroatoms. The molecule has 0 spiro atoms. The maximum Gasteiger partial charge on any atom is 0.305 e. The summed E-state index contributed by atoms with van der Waals surface area (Å²) in [4.78, 5) is 24.5. The van der Waals surface area contributed by atoms with Crippen LogP contribution in [0.4, 0.5) is 0 Å². The van der Waals surface area contributed by atoms with Crippen molar-refractivity contribution in [2.24, 2.45) is 0 Å². The Kier molecular flexibility index (Phi) is 5.65. The van der Waals surface area contributed by atoms with Crippen molar-refractivity contribution in [2.75, 3.05) is 19.7 Å². The number of hydrogen-bond donors (Lipinski definition) is 2. The average molecular weight is 257 g/mol. The van der Waals surface area contributed by atoms with Crippen molar-refractivity contribution in [2.45, 2.75) is 12.8 Å². The quantitative estimate of drug-likeness (QED) is 0.765. The summed E-state index contributed by atoms with van der Waals surface area (Å²) in [7, 11) is 0. The Morgan fingerprint density at radius 2 is 2.12 bits per heavy atom. The molecule has 0 unspecified atom stereocenters. The summed E-state index contributed by atoms with van der Waals surface area (Å²) in [6.07, 6.45) is 0.374. The van der Waals surface area contributed by atoms with Gasteiger partial charge in [0.2, 0.25) is 0 Å². The Morgan fingerprint density at radius 3 is 2.65 bits per heavy atom. The molecular weight excluding hydrogens is 242 g/mol. The Balaban J connectivity index is 2.61. The molecule has 1 aromatic heterocycles. The number of carboxylic acid groups (broad SMARTS) is 1. The number of aliphatic hydroxyl groups is 1. The zero-order valence-corrected chi connectivity index (χ0v) is 10.2. The van der Waals surface area contributed by atoms with Crippen molar-refractivity contribution in [3.8, 4) is 0 Å². The number of carbonyl (C=O) groups excluding carboxylic acids is 1. The van der Waals surface area contributed by atoms with Gasteiger partial charge >= 0.3 is 5.97 Å². The van der Waals surface area contributed by atoms with E-state index in [0.29, 0.717) is 17.8 Å². The van der Waals surface area contributed by atoms with Gasteiger partial charge in [-0.15, -0.1) is 11.3 Å². The minimum absolute atomic E-state index is 0.0126. The molecule has 0 atom stereocenters. The van der Waals surface area contributed by atoms with Crippen LogP contribution in [0, 0.1) is 0 Å². The van der Waals surface area contributed by atoms with Crippen LogP contribution in [0.5, 0.6) is 0 Å². The Labute approximate surface area is 103 Å². The van der Waals surface area contributed by atoms with Crippen LogP contribution in [-0.2, 0) is 4.79 Å². The fourth-order valence-electron chi connectivity index (χ4n) is 1.36. The molecule has 5 nitrogen and oxygen atoms in total. The van der Waals surface area contributed by atoms with E-state index in [4.69, 9.17) is 10.2 Å². The Hall–Kier alpha value is -1.40. The molecule has 1 rings (SSSR count). The fraction of sp³-hybridized carbons (Fsp3) is 0.455. The standard InChI is InChI=1S/C11H15NO4S/c13-7-2-5-12(6-4-10(14)15)11(16)9-3-1-8-17-9/h1,3,8,13H,2,4-7H2,(H,14,15). The summed E-state index contributed by atoms with van der Waals surface area (Å²) in [6.45, 7) is 0.536. The summed E-state index contributed by atoms with van der Waals surface area (Å²) < 4.78 is 0. The van der Waals surface area contributed by atoms with E-state index < -0.39 is 5.97 Å². The number of aliphatic hydroxyl groups excluding tert-OH is 1. The van der Waals surface area contributed by atoms with E-state index >= 15 is 0 Å². The van der Waals surface area contributed by atoms with Gasteiger partial charge in [-0.05, 0) is 17.9 Å². The number of carbonyl (C=O) groups is 2. The van der Waals surface area contributed by atoms with Crippen molar-refractivity contribution in [3.63, 3.8) is 0 Å². The fourth-order valence-corrected chi connectivity index (χ4v) is 2.05. The highest BCUT2D eigenvalue weighted by atomic mass is 32.1. The number of aliphatic carboxylic acids is 1. The van der Waals surface area contributed by atoms with Crippen molar-refractivity contribution in [3.05, 3.63) is 22.4 Å². The van der Waals surface area contributed by atoms with Gasteiger partial charge in [0.1, 0.15) is 0 Å². The first kappa shape index (κ1) is 13.7. The smallest absolute Gasteiger partial charge is 0.305 e. The monoisotopic (exact) mass is 257 g/mol. The van der Waals surface area contributed by atoms with Gasteiger partial charge in [-0.1, -0.05) is 6.07 Å². The van der Waals surface area contributed by atoms with Gasteiger partial charge in [0, 0.05) is 19.7 Å². The molecule has 0 aliphatic carbocycles. The van der Waals surface area contributed by atoms with Crippen molar-refractivity contribution in [1.82, 2.24) is 4.90 Å². The van der Waals surface area contributed by atoms with E-state index in [9.17, 15) is 9.59 Å². The lowest BCUT2D eigenvalue weighted by molar-refractivity contribution is -0.137. The number of hydrogen-bond acceptors (Lipinski definition) is 4. The first-order valence-electron chi connectivity index (χ1n) is 5.30. The van der Waals surface area contributed by atoms with E-state index in [1.54, 1.807) is 17.5 Å². The minimum atomic E-state index is -0.932. The van der Waals surface area contributed by atoms with Gasteiger partial charge in [-0.3, -0.25) is 9.59 Å². The van der Waals surface area contributed by atoms with E-state index in [-0.39, 0.29) is 25.5 Å². The average Bonchev–Trinajstić information content (AvgIpc) is 2.81. The maximum absolute atomic E-state index is 12.0. The van der Waals surface area contributed by atoms with E-state index in [1.807, 2.05) is 0 Å². The lowest BCUT2D eigenvalue weighted by Crippen LogP contribution is -2.33. The second-order valence-corrected chi connectivity index (χ2v) is 4.44. The Morgan fingerprint density at radius 1 is 1.35 bits per heavy atom. The van der Waals surface area contributed by atoms with Gasteiger partial charge in [0.15, 0.2) is 0 Å².